The van der Waals surface area contributed by atoms with Crippen LogP contribution in [0.4, 0.5) is 0 Å². The monoisotopic (exact) mass is 557 g/mol. The van der Waals surface area contributed by atoms with Crippen LogP contribution < -0.4 is 14.9 Å². The summed E-state index contributed by atoms with van der Waals surface area (Å²) in [4.78, 5) is 12.9. The summed E-state index contributed by atoms with van der Waals surface area (Å²) in [5.41, 5.74) is 5.83. The van der Waals surface area contributed by atoms with E-state index in [2.05, 4.69) is 10.5 Å². The number of amides is 1. The van der Waals surface area contributed by atoms with Gasteiger partial charge in [-0.05, 0) is 53.9 Å². The molecule has 0 spiro atoms. The Labute approximate surface area is 234 Å². The molecule has 0 aromatic heterocycles. The van der Waals surface area contributed by atoms with Crippen molar-refractivity contribution in [3.63, 3.8) is 0 Å². The van der Waals surface area contributed by atoms with E-state index in [-0.39, 0.29) is 11.4 Å². The maximum Gasteiger partial charge on any atom is 0.255 e. The molecule has 0 saturated carbocycles. The van der Waals surface area contributed by atoms with Crippen molar-refractivity contribution in [1.29, 1.82) is 0 Å². The van der Waals surface area contributed by atoms with Crippen LogP contribution in [0, 0.1) is 6.92 Å². The van der Waals surface area contributed by atoms with Gasteiger partial charge < -0.3 is 9.47 Å². The number of hydrogen-bond acceptors (Lipinski definition) is 6. The molecule has 0 saturated heterocycles. The second-order valence-corrected chi connectivity index (χ2v) is 11.0. The minimum atomic E-state index is -3.94. The van der Waals surface area contributed by atoms with E-state index in [1.54, 1.807) is 49.6 Å². The average Bonchev–Trinajstić information content (AvgIpc) is 2.97. The molecule has 8 nitrogen and oxygen atoms in total. The Hall–Kier alpha value is -4.47. The van der Waals surface area contributed by atoms with Crippen molar-refractivity contribution in [2.24, 2.45) is 5.10 Å². The number of rotatable bonds is 12. The molecule has 1 N–H and O–H groups in total. The predicted octanol–water partition coefficient (Wildman–Crippen LogP) is 4.92. The number of hydrogen-bond donors (Lipinski definition) is 1. The standard InChI is InChI=1S/C31H31N3O5S/c1-24-13-16-28(17-14-24)40(36,37)34(21-25-9-5-3-6-10-25)22-31(35)33-32-20-27-15-18-29(30(19-27)38-2)39-23-26-11-7-4-8-12-26/h3-20H,21-23H2,1-2H3,(H,33,35)/b32-20-. The van der Waals surface area contributed by atoms with E-state index in [1.807, 2.05) is 67.6 Å². The predicted molar refractivity (Wildman–Crippen MR) is 155 cm³/mol. The van der Waals surface area contributed by atoms with Crippen molar-refractivity contribution in [3.05, 3.63) is 125 Å². The van der Waals surface area contributed by atoms with Crippen LogP contribution in [0.5, 0.6) is 11.5 Å². The second kappa shape index (κ2) is 13.5. The number of sulfonamides is 1. The van der Waals surface area contributed by atoms with Gasteiger partial charge in [0.2, 0.25) is 10.0 Å². The van der Waals surface area contributed by atoms with E-state index >= 15 is 0 Å². The van der Waals surface area contributed by atoms with Gasteiger partial charge >= 0.3 is 0 Å². The number of nitrogens with zero attached hydrogens (tertiary/aromatic N) is 2. The molecule has 0 bridgehead atoms. The summed E-state index contributed by atoms with van der Waals surface area (Å²) in [6, 6.07) is 30.7. The van der Waals surface area contributed by atoms with Crippen molar-refractivity contribution in [1.82, 2.24) is 9.73 Å². The van der Waals surface area contributed by atoms with Gasteiger partial charge in [-0.2, -0.15) is 9.41 Å². The summed E-state index contributed by atoms with van der Waals surface area (Å²) in [6.07, 6.45) is 1.46. The molecule has 9 heteroatoms. The molecule has 0 radical (unpaired) electrons. The van der Waals surface area contributed by atoms with Crippen LogP contribution in [0.1, 0.15) is 22.3 Å². The zero-order chi connectivity index (χ0) is 28.4. The number of benzene rings is 4. The van der Waals surface area contributed by atoms with Crippen LogP contribution in [0.3, 0.4) is 0 Å². The lowest BCUT2D eigenvalue weighted by molar-refractivity contribution is -0.121. The Morgan fingerprint density at radius 3 is 2.17 bits per heavy atom. The van der Waals surface area contributed by atoms with Crippen LogP contribution in [0.15, 0.2) is 113 Å². The van der Waals surface area contributed by atoms with Crippen LogP contribution in [-0.2, 0) is 28.0 Å². The van der Waals surface area contributed by atoms with E-state index < -0.39 is 22.5 Å². The van der Waals surface area contributed by atoms with Crippen molar-refractivity contribution in [2.75, 3.05) is 13.7 Å². The quantitative estimate of drug-likeness (QED) is 0.197. The molecular formula is C31H31N3O5S. The van der Waals surface area contributed by atoms with E-state index in [9.17, 15) is 13.2 Å². The first-order valence-corrected chi connectivity index (χ1v) is 14.1. The molecular weight excluding hydrogens is 526 g/mol. The second-order valence-electron chi connectivity index (χ2n) is 9.05. The summed E-state index contributed by atoms with van der Waals surface area (Å²) >= 11 is 0. The third-order valence-corrected chi connectivity index (χ3v) is 7.81. The number of nitrogens with one attached hydrogen (secondary N) is 1. The van der Waals surface area contributed by atoms with Gasteiger partial charge in [-0.1, -0.05) is 78.4 Å². The van der Waals surface area contributed by atoms with Crippen molar-refractivity contribution < 1.29 is 22.7 Å². The zero-order valence-corrected chi connectivity index (χ0v) is 23.2. The van der Waals surface area contributed by atoms with E-state index in [0.717, 1.165) is 21.0 Å². The van der Waals surface area contributed by atoms with Crippen LogP contribution in [0.25, 0.3) is 0 Å². The molecule has 0 atom stereocenters. The first kappa shape index (κ1) is 28.5. The zero-order valence-electron chi connectivity index (χ0n) is 22.4. The number of aryl methyl sites for hydroxylation is 1. The lowest BCUT2D eigenvalue weighted by Crippen LogP contribution is -2.39. The summed E-state index contributed by atoms with van der Waals surface area (Å²) in [6.45, 7) is 1.91. The number of carbonyl (C=O) groups excluding carboxylic acids is 1. The summed E-state index contributed by atoms with van der Waals surface area (Å²) in [5, 5.41) is 4.02. The van der Waals surface area contributed by atoms with Gasteiger partial charge in [0, 0.05) is 6.54 Å². The normalized spacial score (nSPS) is 11.5. The van der Waals surface area contributed by atoms with E-state index in [0.29, 0.717) is 23.7 Å². The maximum atomic E-state index is 13.4. The van der Waals surface area contributed by atoms with Crippen LogP contribution in [0.2, 0.25) is 0 Å². The smallest absolute Gasteiger partial charge is 0.255 e. The third kappa shape index (κ3) is 7.78. The highest BCUT2D eigenvalue weighted by molar-refractivity contribution is 7.89. The molecule has 0 aliphatic heterocycles. The number of ether oxygens (including phenoxy) is 2. The number of methoxy groups -OCH3 is 1. The Morgan fingerprint density at radius 1 is 0.875 bits per heavy atom. The fraction of sp³-hybridized carbons (Fsp3) is 0.161. The van der Waals surface area contributed by atoms with Gasteiger partial charge in [-0.25, -0.2) is 13.8 Å². The van der Waals surface area contributed by atoms with Gasteiger partial charge in [0.1, 0.15) is 6.61 Å². The lowest BCUT2D eigenvalue weighted by Gasteiger charge is -2.21. The van der Waals surface area contributed by atoms with Crippen molar-refractivity contribution in [3.8, 4) is 11.5 Å². The number of hydrazone groups is 1. The summed E-state index contributed by atoms with van der Waals surface area (Å²) in [7, 11) is -2.39. The molecule has 0 heterocycles. The SMILES string of the molecule is COc1cc(/C=N\NC(=O)CN(Cc2ccccc2)S(=O)(=O)c2ccc(C)cc2)ccc1OCc1ccccc1. The Bertz CT molecular complexity index is 1540. The first-order valence-electron chi connectivity index (χ1n) is 12.6. The van der Waals surface area contributed by atoms with Crippen molar-refractivity contribution >= 4 is 22.1 Å². The molecule has 0 unspecified atom stereocenters. The molecule has 4 aromatic carbocycles. The highest BCUT2D eigenvalue weighted by atomic mass is 32.2. The van der Waals surface area contributed by atoms with Gasteiger partial charge in [0.25, 0.3) is 5.91 Å². The highest BCUT2D eigenvalue weighted by Crippen LogP contribution is 2.28. The molecule has 0 aliphatic rings. The average molecular weight is 558 g/mol. The lowest BCUT2D eigenvalue weighted by atomic mass is 10.2. The van der Waals surface area contributed by atoms with Gasteiger partial charge in [0.05, 0.1) is 24.8 Å². The topological polar surface area (TPSA) is 97.3 Å². The highest BCUT2D eigenvalue weighted by Gasteiger charge is 2.27. The van der Waals surface area contributed by atoms with Gasteiger partial charge in [0.15, 0.2) is 11.5 Å². The molecule has 4 rings (SSSR count). The maximum absolute atomic E-state index is 13.4. The minimum absolute atomic E-state index is 0.0375. The Kier molecular flexibility index (Phi) is 9.66. The summed E-state index contributed by atoms with van der Waals surface area (Å²) < 4.78 is 39.3. The van der Waals surface area contributed by atoms with Gasteiger partial charge in [-0.3, -0.25) is 4.79 Å². The molecule has 40 heavy (non-hydrogen) atoms. The van der Waals surface area contributed by atoms with Crippen LogP contribution >= 0.6 is 0 Å². The fourth-order valence-corrected chi connectivity index (χ4v) is 5.25. The third-order valence-electron chi connectivity index (χ3n) is 6.01. The molecule has 1 amide bonds. The van der Waals surface area contributed by atoms with Crippen molar-refractivity contribution in [2.45, 2.75) is 25.0 Å². The molecule has 206 valence electrons. The van der Waals surface area contributed by atoms with E-state index in [4.69, 9.17) is 9.47 Å². The largest absolute Gasteiger partial charge is 0.493 e. The summed E-state index contributed by atoms with van der Waals surface area (Å²) in [5.74, 6) is 0.521. The van der Waals surface area contributed by atoms with Gasteiger partial charge in [-0.15, -0.1) is 0 Å². The Balaban J connectivity index is 1.42. The van der Waals surface area contributed by atoms with Crippen LogP contribution in [-0.4, -0.2) is 38.5 Å². The fourth-order valence-electron chi connectivity index (χ4n) is 3.87. The molecule has 4 aromatic rings. The van der Waals surface area contributed by atoms with E-state index in [1.165, 1.54) is 6.21 Å². The number of carbonyl (C=O) groups is 1. The molecule has 0 aliphatic carbocycles. The first-order chi connectivity index (χ1) is 19.3. The minimum Gasteiger partial charge on any atom is -0.493 e. The molecule has 0 fully saturated rings. The Morgan fingerprint density at radius 2 is 1.52 bits per heavy atom.